The molecule has 0 heterocycles. The summed E-state index contributed by atoms with van der Waals surface area (Å²) in [6.45, 7) is 0. The van der Waals surface area contributed by atoms with Crippen LogP contribution < -0.4 is 0 Å². The normalized spacial score (nSPS) is 38.1. The van der Waals surface area contributed by atoms with E-state index in [-0.39, 0.29) is 16.7 Å². The van der Waals surface area contributed by atoms with Crippen LogP contribution in [0.3, 0.4) is 0 Å². The number of phenols is 1. The monoisotopic (exact) mass is 272 g/mol. The lowest BCUT2D eigenvalue weighted by molar-refractivity contribution is -0.00529. The van der Waals surface area contributed by atoms with E-state index >= 15 is 0 Å². The molecule has 0 amide bonds. The molecule has 0 atom stereocenters. The van der Waals surface area contributed by atoms with Gasteiger partial charge in [-0.15, -0.1) is 0 Å². The number of carbonyl (C=O) groups is 1. The number of rotatable bonds is 2. The number of aromatic hydroxyl groups is 1. The fourth-order valence-electron chi connectivity index (χ4n) is 5.51. The molecule has 4 aliphatic rings. The summed E-state index contributed by atoms with van der Waals surface area (Å²) in [7, 11) is 0. The summed E-state index contributed by atoms with van der Waals surface area (Å²) in [6, 6.07) is 5.23. The van der Waals surface area contributed by atoms with Crippen LogP contribution in [0.1, 0.15) is 54.4 Å². The zero-order valence-electron chi connectivity index (χ0n) is 11.5. The minimum absolute atomic E-state index is 0.0125. The molecule has 20 heavy (non-hydrogen) atoms. The van der Waals surface area contributed by atoms with Crippen molar-refractivity contribution in [3.05, 3.63) is 29.3 Å². The van der Waals surface area contributed by atoms with Gasteiger partial charge in [0.2, 0.25) is 0 Å². The summed E-state index contributed by atoms with van der Waals surface area (Å²) in [4.78, 5) is 11.0. The number of hydrogen-bond donors (Lipinski definition) is 2. The largest absolute Gasteiger partial charge is 0.507 e. The average Bonchev–Trinajstić information content (AvgIpc) is 2.36. The van der Waals surface area contributed by atoms with Crippen LogP contribution in [0, 0.1) is 17.8 Å². The molecular weight excluding hydrogens is 252 g/mol. The summed E-state index contributed by atoms with van der Waals surface area (Å²) in [5.41, 5.74) is 1.39. The van der Waals surface area contributed by atoms with Crippen molar-refractivity contribution in [2.75, 3.05) is 0 Å². The van der Waals surface area contributed by atoms with Crippen LogP contribution in [-0.4, -0.2) is 16.2 Å². The van der Waals surface area contributed by atoms with Crippen LogP contribution in [0.25, 0.3) is 0 Å². The number of hydrogen-bond acceptors (Lipinski definition) is 2. The van der Waals surface area contributed by atoms with Crippen LogP contribution in [-0.2, 0) is 5.41 Å². The predicted molar refractivity (Wildman–Crippen MR) is 74.9 cm³/mol. The second-order valence-electron chi connectivity index (χ2n) is 7.23. The van der Waals surface area contributed by atoms with Crippen LogP contribution in [0.5, 0.6) is 5.75 Å². The zero-order valence-corrected chi connectivity index (χ0v) is 11.5. The van der Waals surface area contributed by atoms with Crippen LogP contribution in [0.15, 0.2) is 18.2 Å². The Balaban J connectivity index is 1.74. The summed E-state index contributed by atoms with van der Waals surface area (Å²) < 4.78 is 0. The van der Waals surface area contributed by atoms with E-state index in [1.165, 1.54) is 44.1 Å². The smallest absolute Gasteiger partial charge is 0.339 e. The number of carboxylic acid groups (broad SMARTS) is 1. The van der Waals surface area contributed by atoms with E-state index in [1.54, 1.807) is 12.1 Å². The molecule has 4 saturated carbocycles. The van der Waals surface area contributed by atoms with Crippen molar-refractivity contribution in [3.63, 3.8) is 0 Å². The maximum atomic E-state index is 11.0. The molecule has 0 aliphatic heterocycles. The number of benzene rings is 1. The van der Waals surface area contributed by atoms with E-state index in [1.807, 2.05) is 6.07 Å². The SMILES string of the molecule is O=C(O)c1ccc(C23CC4CC(CC(C4)C2)C3)cc1O. The maximum Gasteiger partial charge on any atom is 0.339 e. The van der Waals surface area contributed by atoms with E-state index in [0.29, 0.717) is 0 Å². The molecule has 2 N–H and O–H groups in total. The molecule has 1 aromatic carbocycles. The van der Waals surface area contributed by atoms with Gasteiger partial charge in [-0.25, -0.2) is 4.79 Å². The van der Waals surface area contributed by atoms with Crippen LogP contribution in [0.4, 0.5) is 0 Å². The number of aromatic carboxylic acids is 1. The molecule has 0 spiro atoms. The Kier molecular flexibility index (Phi) is 2.45. The van der Waals surface area contributed by atoms with Gasteiger partial charge in [0.25, 0.3) is 0 Å². The van der Waals surface area contributed by atoms with Crippen molar-refractivity contribution in [2.45, 2.75) is 43.9 Å². The first kappa shape index (κ1) is 12.2. The molecular formula is C17H20O3. The van der Waals surface area contributed by atoms with E-state index in [9.17, 15) is 9.90 Å². The minimum atomic E-state index is -1.06. The van der Waals surface area contributed by atoms with Gasteiger partial charge in [-0.3, -0.25) is 0 Å². The lowest BCUT2D eigenvalue weighted by Gasteiger charge is -2.57. The third-order valence-electron chi connectivity index (χ3n) is 5.88. The lowest BCUT2D eigenvalue weighted by atomic mass is 9.48. The maximum absolute atomic E-state index is 11.0. The lowest BCUT2D eigenvalue weighted by Crippen LogP contribution is -2.48. The standard InChI is InChI=1S/C17H20O3/c18-15-6-13(1-2-14(15)16(19)20)17-7-10-3-11(8-17)5-12(4-10)9-17/h1-2,6,10-12,18H,3-5,7-9H2,(H,19,20). The second kappa shape index (κ2) is 4.00. The quantitative estimate of drug-likeness (QED) is 0.865. The van der Waals surface area contributed by atoms with Crippen molar-refractivity contribution in [1.82, 2.24) is 0 Å². The van der Waals surface area contributed by atoms with Gasteiger partial charge in [0, 0.05) is 0 Å². The van der Waals surface area contributed by atoms with Gasteiger partial charge >= 0.3 is 5.97 Å². The predicted octanol–water partition coefficient (Wildman–Crippen LogP) is 3.56. The first-order valence-corrected chi connectivity index (χ1v) is 7.62. The molecule has 0 aromatic heterocycles. The molecule has 0 unspecified atom stereocenters. The molecule has 3 heteroatoms. The molecule has 0 radical (unpaired) electrons. The molecule has 1 aromatic rings. The third kappa shape index (κ3) is 1.68. The molecule has 4 aliphatic carbocycles. The summed E-state index contributed by atoms with van der Waals surface area (Å²) in [5.74, 6) is 1.41. The van der Waals surface area contributed by atoms with Crippen molar-refractivity contribution in [3.8, 4) is 5.75 Å². The molecule has 0 saturated heterocycles. The Bertz CT molecular complexity index is 540. The van der Waals surface area contributed by atoms with Crippen LogP contribution >= 0.6 is 0 Å². The molecule has 5 rings (SSSR count). The first-order valence-electron chi connectivity index (χ1n) is 7.62. The van der Waals surface area contributed by atoms with E-state index in [4.69, 9.17) is 5.11 Å². The van der Waals surface area contributed by atoms with E-state index < -0.39 is 5.97 Å². The Morgan fingerprint density at radius 1 is 1.05 bits per heavy atom. The fourth-order valence-corrected chi connectivity index (χ4v) is 5.51. The third-order valence-corrected chi connectivity index (χ3v) is 5.88. The average molecular weight is 272 g/mol. The topological polar surface area (TPSA) is 57.5 Å². The Morgan fingerprint density at radius 3 is 2.05 bits per heavy atom. The second-order valence-corrected chi connectivity index (χ2v) is 7.23. The molecule has 4 fully saturated rings. The number of carboxylic acids is 1. The van der Waals surface area contributed by atoms with E-state index in [0.717, 1.165) is 17.8 Å². The molecule has 106 valence electrons. The highest BCUT2D eigenvalue weighted by atomic mass is 16.4. The highest BCUT2D eigenvalue weighted by Gasteiger charge is 2.51. The van der Waals surface area contributed by atoms with Crippen molar-refractivity contribution < 1.29 is 15.0 Å². The van der Waals surface area contributed by atoms with E-state index in [2.05, 4.69) is 0 Å². The summed E-state index contributed by atoms with van der Waals surface area (Å²) in [5, 5.41) is 19.0. The van der Waals surface area contributed by atoms with Gasteiger partial charge in [0.1, 0.15) is 11.3 Å². The Morgan fingerprint density at radius 2 is 1.60 bits per heavy atom. The fraction of sp³-hybridized carbons (Fsp3) is 0.588. The zero-order chi connectivity index (χ0) is 13.9. The van der Waals surface area contributed by atoms with Crippen molar-refractivity contribution in [1.29, 1.82) is 0 Å². The molecule has 3 nitrogen and oxygen atoms in total. The minimum Gasteiger partial charge on any atom is -0.507 e. The van der Waals surface area contributed by atoms with Gasteiger partial charge < -0.3 is 10.2 Å². The first-order chi connectivity index (χ1) is 9.56. The van der Waals surface area contributed by atoms with Crippen molar-refractivity contribution in [2.24, 2.45) is 17.8 Å². The van der Waals surface area contributed by atoms with Crippen molar-refractivity contribution >= 4 is 5.97 Å². The van der Waals surface area contributed by atoms with Gasteiger partial charge in [-0.2, -0.15) is 0 Å². The van der Waals surface area contributed by atoms with Crippen LogP contribution in [0.2, 0.25) is 0 Å². The van der Waals surface area contributed by atoms with Gasteiger partial charge in [-0.1, -0.05) is 6.07 Å². The van der Waals surface area contributed by atoms with Gasteiger partial charge in [0.05, 0.1) is 0 Å². The highest BCUT2D eigenvalue weighted by Crippen LogP contribution is 2.60. The molecule has 4 bridgehead atoms. The Labute approximate surface area is 118 Å². The highest BCUT2D eigenvalue weighted by molar-refractivity contribution is 5.90. The van der Waals surface area contributed by atoms with Gasteiger partial charge in [0.15, 0.2) is 0 Å². The summed E-state index contributed by atoms with van der Waals surface area (Å²) >= 11 is 0. The Hall–Kier alpha value is -1.51. The summed E-state index contributed by atoms with van der Waals surface area (Å²) in [6.07, 6.45) is 7.84. The van der Waals surface area contributed by atoms with Gasteiger partial charge in [-0.05, 0) is 79.4 Å².